The van der Waals surface area contributed by atoms with Gasteiger partial charge in [0.15, 0.2) is 0 Å². The van der Waals surface area contributed by atoms with E-state index in [-0.39, 0.29) is 6.10 Å². The Morgan fingerprint density at radius 2 is 2.00 bits per heavy atom. The standard InChI is InChI=1S/C13H16O/c1-11(2)14-12(3)9-10-13-7-5-4-6-8-13/h4-10,12H,1H2,2-3H3/b10-9+. The predicted molar refractivity (Wildman–Crippen MR) is 60.8 cm³/mol. The topological polar surface area (TPSA) is 9.23 Å². The summed E-state index contributed by atoms with van der Waals surface area (Å²) in [7, 11) is 0. The summed E-state index contributed by atoms with van der Waals surface area (Å²) in [6.45, 7) is 7.54. The minimum Gasteiger partial charge on any atom is -0.492 e. The second-order valence-corrected chi connectivity index (χ2v) is 3.29. The zero-order valence-corrected chi connectivity index (χ0v) is 8.73. The number of rotatable bonds is 4. The highest BCUT2D eigenvalue weighted by Gasteiger charge is 1.95. The van der Waals surface area contributed by atoms with Gasteiger partial charge in [-0.15, -0.1) is 0 Å². The molecule has 1 aromatic carbocycles. The monoisotopic (exact) mass is 188 g/mol. The van der Waals surface area contributed by atoms with E-state index in [0.29, 0.717) is 0 Å². The highest BCUT2D eigenvalue weighted by Crippen LogP contribution is 2.05. The summed E-state index contributed by atoms with van der Waals surface area (Å²) in [6.07, 6.45) is 4.14. The molecule has 0 amide bonds. The van der Waals surface area contributed by atoms with Gasteiger partial charge in [0.2, 0.25) is 0 Å². The lowest BCUT2D eigenvalue weighted by Crippen LogP contribution is -2.01. The molecule has 1 unspecified atom stereocenters. The molecule has 0 aromatic heterocycles. The lowest BCUT2D eigenvalue weighted by Gasteiger charge is -2.09. The molecule has 74 valence electrons. The van der Waals surface area contributed by atoms with Crippen molar-refractivity contribution in [1.29, 1.82) is 0 Å². The van der Waals surface area contributed by atoms with Crippen molar-refractivity contribution in [3.8, 4) is 0 Å². The molecule has 0 aliphatic carbocycles. The quantitative estimate of drug-likeness (QED) is 0.655. The molecule has 0 saturated carbocycles. The molecule has 1 aromatic rings. The van der Waals surface area contributed by atoms with Crippen molar-refractivity contribution in [2.75, 3.05) is 0 Å². The van der Waals surface area contributed by atoms with Crippen LogP contribution in [0.15, 0.2) is 48.7 Å². The van der Waals surface area contributed by atoms with E-state index in [9.17, 15) is 0 Å². The van der Waals surface area contributed by atoms with Gasteiger partial charge in [-0.1, -0.05) is 43.0 Å². The van der Waals surface area contributed by atoms with Crippen LogP contribution in [0.1, 0.15) is 19.4 Å². The third-order valence-corrected chi connectivity index (χ3v) is 1.75. The Labute approximate surface area is 85.7 Å². The Hall–Kier alpha value is -1.50. The normalized spacial score (nSPS) is 12.7. The van der Waals surface area contributed by atoms with Crippen LogP contribution < -0.4 is 0 Å². The van der Waals surface area contributed by atoms with Crippen molar-refractivity contribution in [3.63, 3.8) is 0 Å². The van der Waals surface area contributed by atoms with Gasteiger partial charge < -0.3 is 4.74 Å². The molecule has 0 N–H and O–H groups in total. The molecule has 0 radical (unpaired) electrons. The SMILES string of the molecule is C=C(C)OC(C)/C=C/c1ccccc1. The van der Waals surface area contributed by atoms with Crippen LogP contribution in [-0.2, 0) is 4.74 Å². The molecule has 1 heteroatoms. The van der Waals surface area contributed by atoms with E-state index in [1.54, 1.807) is 0 Å². The first-order valence-corrected chi connectivity index (χ1v) is 4.74. The molecule has 14 heavy (non-hydrogen) atoms. The van der Waals surface area contributed by atoms with Crippen LogP contribution in [0.3, 0.4) is 0 Å². The summed E-state index contributed by atoms with van der Waals surface area (Å²) in [5.74, 6) is 0.746. The predicted octanol–water partition coefficient (Wildman–Crippen LogP) is 3.64. The fourth-order valence-corrected chi connectivity index (χ4v) is 1.17. The van der Waals surface area contributed by atoms with Crippen molar-refractivity contribution in [2.45, 2.75) is 20.0 Å². The fourth-order valence-electron chi connectivity index (χ4n) is 1.17. The number of benzene rings is 1. The zero-order chi connectivity index (χ0) is 10.4. The molecule has 0 aliphatic rings. The Kier molecular flexibility index (Phi) is 3.99. The van der Waals surface area contributed by atoms with E-state index in [1.165, 1.54) is 5.56 Å². The smallest absolute Gasteiger partial charge is 0.114 e. The average Bonchev–Trinajstić information content (AvgIpc) is 2.15. The lowest BCUT2D eigenvalue weighted by atomic mass is 10.2. The molecule has 0 spiro atoms. The van der Waals surface area contributed by atoms with Gasteiger partial charge in [0.1, 0.15) is 6.10 Å². The van der Waals surface area contributed by atoms with Crippen LogP contribution in [0, 0.1) is 0 Å². The van der Waals surface area contributed by atoms with Crippen molar-refractivity contribution in [1.82, 2.24) is 0 Å². The number of hydrogen-bond donors (Lipinski definition) is 0. The minimum atomic E-state index is 0.0766. The summed E-state index contributed by atoms with van der Waals surface area (Å²) >= 11 is 0. The number of ether oxygens (including phenoxy) is 1. The maximum absolute atomic E-state index is 5.39. The summed E-state index contributed by atoms with van der Waals surface area (Å²) in [5.41, 5.74) is 1.18. The third kappa shape index (κ3) is 3.94. The van der Waals surface area contributed by atoms with Gasteiger partial charge in [-0.3, -0.25) is 0 Å². The molecule has 0 bridgehead atoms. The van der Waals surface area contributed by atoms with E-state index < -0.39 is 0 Å². The van der Waals surface area contributed by atoms with E-state index in [1.807, 2.05) is 44.2 Å². The van der Waals surface area contributed by atoms with Crippen LogP contribution in [0.2, 0.25) is 0 Å². The van der Waals surface area contributed by atoms with Gasteiger partial charge in [0, 0.05) is 0 Å². The number of hydrogen-bond acceptors (Lipinski definition) is 1. The largest absolute Gasteiger partial charge is 0.492 e. The van der Waals surface area contributed by atoms with E-state index >= 15 is 0 Å². The molecule has 0 saturated heterocycles. The molecule has 1 nitrogen and oxygen atoms in total. The third-order valence-electron chi connectivity index (χ3n) is 1.75. The summed E-state index contributed by atoms with van der Waals surface area (Å²) in [5, 5.41) is 0. The summed E-state index contributed by atoms with van der Waals surface area (Å²) < 4.78 is 5.39. The van der Waals surface area contributed by atoms with Gasteiger partial charge in [0.25, 0.3) is 0 Å². The molecular formula is C13H16O. The molecular weight excluding hydrogens is 172 g/mol. The van der Waals surface area contributed by atoms with Crippen molar-refractivity contribution >= 4 is 6.08 Å². The first kappa shape index (κ1) is 10.6. The Morgan fingerprint density at radius 3 is 2.57 bits per heavy atom. The van der Waals surface area contributed by atoms with Crippen LogP contribution >= 0.6 is 0 Å². The van der Waals surface area contributed by atoms with Crippen molar-refractivity contribution in [3.05, 3.63) is 54.3 Å². The second kappa shape index (κ2) is 5.28. The highest BCUT2D eigenvalue weighted by molar-refractivity contribution is 5.49. The molecule has 0 aliphatic heterocycles. The van der Waals surface area contributed by atoms with E-state index in [0.717, 1.165) is 5.76 Å². The molecule has 1 rings (SSSR count). The second-order valence-electron chi connectivity index (χ2n) is 3.29. The maximum Gasteiger partial charge on any atom is 0.114 e. The average molecular weight is 188 g/mol. The molecule has 0 heterocycles. The summed E-state index contributed by atoms with van der Waals surface area (Å²) in [4.78, 5) is 0. The van der Waals surface area contributed by atoms with Gasteiger partial charge in [-0.25, -0.2) is 0 Å². The van der Waals surface area contributed by atoms with Crippen LogP contribution in [0.25, 0.3) is 6.08 Å². The van der Waals surface area contributed by atoms with Gasteiger partial charge >= 0.3 is 0 Å². The highest BCUT2D eigenvalue weighted by atomic mass is 16.5. The van der Waals surface area contributed by atoms with E-state index in [4.69, 9.17) is 4.74 Å². The Bertz CT molecular complexity index is 311. The van der Waals surface area contributed by atoms with Crippen LogP contribution in [-0.4, -0.2) is 6.10 Å². The van der Waals surface area contributed by atoms with Gasteiger partial charge in [0.05, 0.1) is 5.76 Å². The molecule has 0 fully saturated rings. The Balaban J connectivity index is 2.52. The van der Waals surface area contributed by atoms with Crippen molar-refractivity contribution in [2.24, 2.45) is 0 Å². The zero-order valence-electron chi connectivity index (χ0n) is 8.73. The first-order valence-electron chi connectivity index (χ1n) is 4.74. The lowest BCUT2D eigenvalue weighted by molar-refractivity contribution is 0.174. The van der Waals surface area contributed by atoms with Gasteiger partial charge in [-0.05, 0) is 25.5 Å². The van der Waals surface area contributed by atoms with Gasteiger partial charge in [-0.2, -0.15) is 0 Å². The number of allylic oxidation sites excluding steroid dienone is 1. The maximum atomic E-state index is 5.39. The van der Waals surface area contributed by atoms with Crippen LogP contribution in [0.4, 0.5) is 0 Å². The molecule has 1 atom stereocenters. The first-order chi connectivity index (χ1) is 6.68. The Morgan fingerprint density at radius 1 is 1.36 bits per heavy atom. The summed E-state index contributed by atoms with van der Waals surface area (Å²) in [6, 6.07) is 10.2. The van der Waals surface area contributed by atoms with E-state index in [2.05, 4.69) is 18.7 Å². The fraction of sp³-hybridized carbons (Fsp3) is 0.231. The van der Waals surface area contributed by atoms with Crippen LogP contribution in [0.5, 0.6) is 0 Å². The van der Waals surface area contributed by atoms with Crippen molar-refractivity contribution < 1.29 is 4.74 Å². The minimum absolute atomic E-state index is 0.0766.